The highest BCUT2D eigenvalue weighted by Crippen LogP contribution is 2.44. The van der Waals surface area contributed by atoms with Gasteiger partial charge in [-0.1, -0.05) is 36.4 Å². The fraction of sp³-hybridized carbons (Fsp3) is 0.370. The van der Waals surface area contributed by atoms with Crippen molar-refractivity contribution in [2.75, 3.05) is 30.9 Å². The zero-order chi connectivity index (χ0) is 23.5. The molecule has 0 bridgehead atoms. The zero-order valence-electron chi connectivity index (χ0n) is 19.7. The van der Waals surface area contributed by atoms with Crippen LogP contribution in [0.2, 0.25) is 0 Å². The van der Waals surface area contributed by atoms with Gasteiger partial charge in [0.25, 0.3) is 0 Å². The number of ether oxygens (including phenoxy) is 1. The molecule has 2 heterocycles. The van der Waals surface area contributed by atoms with Gasteiger partial charge in [-0.2, -0.15) is 4.98 Å². The Morgan fingerprint density at radius 2 is 1.62 bits per heavy atom. The maximum atomic E-state index is 13.4. The second-order valence-corrected chi connectivity index (χ2v) is 9.35. The summed E-state index contributed by atoms with van der Waals surface area (Å²) in [7, 11) is 3.95. The minimum Gasteiger partial charge on any atom is -0.457 e. The molecule has 0 saturated heterocycles. The normalized spacial score (nSPS) is 19.4. The van der Waals surface area contributed by atoms with Gasteiger partial charge in [0.15, 0.2) is 0 Å². The molecule has 7 heteroatoms. The van der Waals surface area contributed by atoms with E-state index in [0.717, 1.165) is 54.1 Å². The Balaban J connectivity index is 1.17. The van der Waals surface area contributed by atoms with Gasteiger partial charge in [0.2, 0.25) is 11.9 Å². The Bertz CT molecular complexity index is 1110. The van der Waals surface area contributed by atoms with Crippen LogP contribution in [0.3, 0.4) is 0 Å². The quantitative estimate of drug-likeness (QED) is 0.565. The predicted molar refractivity (Wildman–Crippen MR) is 134 cm³/mol. The molecule has 7 nitrogen and oxygen atoms in total. The van der Waals surface area contributed by atoms with Gasteiger partial charge >= 0.3 is 0 Å². The topological polar surface area (TPSA) is 79.4 Å². The second kappa shape index (κ2) is 9.71. The molecule has 34 heavy (non-hydrogen) atoms. The number of carbonyl (C=O) groups excluding carboxylic acids is 1. The molecule has 3 aromatic rings. The van der Waals surface area contributed by atoms with Crippen LogP contribution in [0.4, 0.5) is 11.8 Å². The van der Waals surface area contributed by atoms with Crippen molar-refractivity contribution < 1.29 is 9.53 Å². The molecule has 2 aromatic carbocycles. The second-order valence-electron chi connectivity index (χ2n) is 9.35. The average Bonchev–Trinajstić information content (AvgIpc) is 2.87. The maximum absolute atomic E-state index is 13.4. The third-order valence-corrected chi connectivity index (χ3v) is 6.79. The number of para-hydroxylation sites is 2. The minimum absolute atomic E-state index is 0.0392. The van der Waals surface area contributed by atoms with Crippen molar-refractivity contribution in [2.45, 2.75) is 37.6 Å². The fourth-order valence-electron chi connectivity index (χ4n) is 4.90. The molecule has 0 atom stereocenters. The maximum Gasteiger partial charge on any atom is 0.232 e. The summed E-state index contributed by atoms with van der Waals surface area (Å²) in [6.07, 6.45) is 6.00. The number of rotatable bonds is 6. The van der Waals surface area contributed by atoms with Gasteiger partial charge in [0.05, 0.1) is 5.92 Å². The molecule has 176 valence electrons. The smallest absolute Gasteiger partial charge is 0.232 e. The third kappa shape index (κ3) is 4.69. The van der Waals surface area contributed by atoms with Crippen LogP contribution in [-0.2, 0) is 4.79 Å². The lowest BCUT2D eigenvalue weighted by molar-refractivity contribution is -0.122. The molecule has 1 aliphatic heterocycles. The van der Waals surface area contributed by atoms with Crippen molar-refractivity contribution in [3.05, 3.63) is 71.9 Å². The van der Waals surface area contributed by atoms with Gasteiger partial charge in [-0.05, 0) is 49.8 Å². The summed E-state index contributed by atoms with van der Waals surface area (Å²) in [5.41, 5.74) is 1.85. The van der Waals surface area contributed by atoms with Crippen LogP contribution in [0.15, 0.2) is 60.8 Å². The number of nitrogens with zero attached hydrogens (tertiary/aromatic N) is 3. The largest absolute Gasteiger partial charge is 0.457 e. The van der Waals surface area contributed by atoms with Crippen molar-refractivity contribution in [1.82, 2.24) is 15.3 Å². The lowest BCUT2D eigenvalue weighted by Gasteiger charge is -2.31. The van der Waals surface area contributed by atoms with Crippen molar-refractivity contribution in [3.63, 3.8) is 0 Å². The summed E-state index contributed by atoms with van der Waals surface area (Å²) in [6.45, 7) is 0.694. The van der Waals surface area contributed by atoms with Crippen LogP contribution in [0, 0.1) is 5.92 Å². The molecular weight excluding hydrogens is 426 g/mol. The van der Waals surface area contributed by atoms with Crippen LogP contribution in [-0.4, -0.2) is 42.6 Å². The number of aromatic nitrogens is 2. The van der Waals surface area contributed by atoms with E-state index in [2.05, 4.69) is 20.6 Å². The van der Waals surface area contributed by atoms with E-state index in [0.29, 0.717) is 24.5 Å². The lowest BCUT2D eigenvalue weighted by atomic mass is 9.85. The molecule has 0 spiro atoms. The van der Waals surface area contributed by atoms with Crippen molar-refractivity contribution in [2.24, 2.45) is 5.92 Å². The zero-order valence-corrected chi connectivity index (χ0v) is 19.7. The first-order valence-electron chi connectivity index (χ1n) is 12.0. The number of fused-ring (bicyclic) bond motifs is 2. The molecule has 2 N–H and O–H groups in total. The first kappa shape index (κ1) is 22.2. The molecule has 2 aliphatic rings. The first-order valence-corrected chi connectivity index (χ1v) is 12.0. The van der Waals surface area contributed by atoms with E-state index in [1.165, 1.54) is 0 Å². The number of hydrogen-bond acceptors (Lipinski definition) is 6. The average molecular weight is 458 g/mol. The van der Waals surface area contributed by atoms with Crippen LogP contribution < -0.4 is 20.3 Å². The Kier molecular flexibility index (Phi) is 6.34. The number of anilines is 2. The molecule has 1 amide bonds. The van der Waals surface area contributed by atoms with E-state index < -0.39 is 0 Å². The van der Waals surface area contributed by atoms with Crippen molar-refractivity contribution in [3.8, 4) is 11.5 Å². The summed E-state index contributed by atoms with van der Waals surface area (Å²) in [5, 5.41) is 6.73. The number of carbonyl (C=O) groups is 1. The van der Waals surface area contributed by atoms with Gasteiger partial charge in [0, 0.05) is 44.0 Å². The third-order valence-electron chi connectivity index (χ3n) is 6.79. The summed E-state index contributed by atoms with van der Waals surface area (Å²) in [4.78, 5) is 24.3. The van der Waals surface area contributed by atoms with Crippen LogP contribution in [0.1, 0.15) is 42.7 Å². The molecule has 1 fully saturated rings. The van der Waals surface area contributed by atoms with E-state index in [9.17, 15) is 4.79 Å². The summed E-state index contributed by atoms with van der Waals surface area (Å²) >= 11 is 0. The van der Waals surface area contributed by atoms with Gasteiger partial charge in [0.1, 0.15) is 17.3 Å². The first-order chi connectivity index (χ1) is 16.6. The number of amides is 1. The van der Waals surface area contributed by atoms with E-state index >= 15 is 0 Å². The van der Waals surface area contributed by atoms with Crippen LogP contribution >= 0.6 is 0 Å². The standard InChI is InChI=1S/C27H31N5O2/c1-32(2)24-15-16-28-27(31-24)30-19-13-11-18(12-14-19)17-29-26(33)25-20-7-3-5-9-22(20)34-23-10-6-4-8-21(23)25/h3-10,15-16,18-19,25H,11-14,17H2,1-2H3,(H,29,33)(H,28,30,31)/t18-,19+. The number of nitrogens with one attached hydrogen (secondary N) is 2. The SMILES string of the molecule is CN(C)c1ccnc(N[C@H]2CC[C@@H](CNC(=O)C3c4ccccc4Oc4ccccc43)CC2)n1. The Morgan fingerprint density at radius 3 is 2.26 bits per heavy atom. The summed E-state index contributed by atoms with van der Waals surface area (Å²) in [6, 6.07) is 17.9. The fourth-order valence-corrected chi connectivity index (χ4v) is 4.90. The molecule has 0 unspecified atom stereocenters. The Hall–Kier alpha value is -3.61. The van der Waals surface area contributed by atoms with Crippen molar-refractivity contribution >= 4 is 17.7 Å². The number of benzene rings is 2. The monoisotopic (exact) mass is 457 g/mol. The van der Waals surface area contributed by atoms with E-state index in [1.54, 1.807) is 6.20 Å². The van der Waals surface area contributed by atoms with Gasteiger partial charge in [-0.15, -0.1) is 0 Å². The van der Waals surface area contributed by atoms with Gasteiger partial charge < -0.3 is 20.3 Å². The van der Waals surface area contributed by atoms with Gasteiger partial charge in [-0.25, -0.2) is 4.98 Å². The highest BCUT2D eigenvalue weighted by Gasteiger charge is 2.33. The predicted octanol–water partition coefficient (Wildman–Crippen LogP) is 4.57. The van der Waals surface area contributed by atoms with E-state index in [1.807, 2.05) is 73.6 Å². The van der Waals surface area contributed by atoms with Crippen LogP contribution in [0.25, 0.3) is 0 Å². The highest BCUT2D eigenvalue weighted by molar-refractivity contribution is 5.89. The molecule has 1 saturated carbocycles. The number of hydrogen-bond donors (Lipinski definition) is 2. The van der Waals surface area contributed by atoms with Crippen molar-refractivity contribution in [1.29, 1.82) is 0 Å². The summed E-state index contributed by atoms with van der Waals surface area (Å²) in [5.74, 6) is 3.26. The molecule has 1 aliphatic carbocycles. The van der Waals surface area contributed by atoms with Crippen LogP contribution in [0.5, 0.6) is 11.5 Å². The molecule has 5 rings (SSSR count). The molecular formula is C27H31N5O2. The molecule has 0 radical (unpaired) electrons. The van der Waals surface area contributed by atoms with E-state index in [-0.39, 0.29) is 11.8 Å². The minimum atomic E-state index is -0.347. The van der Waals surface area contributed by atoms with E-state index in [4.69, 9.17) is 4.74 Å². The lowest BCUT2D eigenvalue weighted by Crippen LogP contribution is -2.37. The Labute approximate surface area is 200 Å². The summed E-state index contributed by atoms with van der Waals surface area (Å²) < 4.78 is 6.03. The highest BCUT2D eigenvalue weighted by atomic mass is 16.5. The molecule has 1 aromatic heterocycles. The Morgan fingerprint density at radius 1 is 0.971 bits per heavy atom. The van der Waals surface area contributed by atoms with Gasteiger partial charge in [-0.3, -0.25) is 4.79 Å².